The molecule has 0 aliphatic heterocycles. The molecule has 0 bridgehead atoms. The maximum Gasteiger partial charge on any atom is -0.0264 e. The van der Waals surface area contributed by atoms with E-state index in [1.165, 1.54) is 38.5 Å². The lowest BCUT2D eigenvalue weighted by Gasteiger charge is -2.62. The quantitative estimate of drug-likeness (QED) is 0.376. The van der Waals surface area contributed by atoms with Crippen LogP contribution in [0.25, 0.3) is 0 Å². The molecule has 9 unspecified atom stereocenters. The van der Waals surface area contributed by atoms with E-state index in [0.29, 0.717) is 10.8 Å². The average molecular weight is 437 g/mol. The standard InChI is InChI=1S/C32H52/c1-22(7-4-8-23-9-5-10-23)28-15-16-29-27-14-13-26-21-25(24-11-6-12-24)17-19-31(26,2)30(27)18-20-32(28,29)3/h8,22,24-30H,4-7,9-21H2,1-3H3. The van der Waals surface area contributed by atoms with Crippen molar-refractivity contribution in [2.45, 2.75) is 130 Å². The van der Waals surface area contributed by atoms with E-state index in [2.05, 4.69) is 26.8 Å². The summed E-state index contributed by atoms with van der Waals surface area (Å²) in [4.78, 5) is 0. The van der Waals surface area contributed by atoms with Gasteiger partial charge in [0.25, 0.3) is 0 Å². The van der Waals surface area contributed by atoms with Crippen molar-refractivity contribution in [3.63, 3.8) is 0 Å². The molecular weight excluding hydrogens is 384 g/mol. The van der Waals surface area contributed by atoms with Crippen molar-refractivity contribution >= 4 is 0 Å². The van der Waals surface area contributed by atoms with Crippen molar-refractivity contribution in [3.05, 3.63) is 11.6 Å². The van der Waals surface area contributed by atoms with Gasteiger partial charge in [-0.05, 0) is 148 Å². The number of hydrogen-bond acceptors (Lipinski definition) is 0. The van der Waals surface area contributed by atoms with Crippen molar-refractivity contribution in [1.82, 2.24) is 0 Å². The molecule has 6 aliphatic carbocycles. The Morgan fingerprint density at radius 2 is 1.59 bits per heavy atom. The van der Waals surface area contributed by atoms with E-state index in [1.807, 2.05) is 0 Å². The molecule has 0 aromatic carbocycles. The van der Waals surface area contributed by atoms with E-state index in [1.54, 1.807) is 76.2 Å². The van der Waals surface area contributed by atoms with E-state index in [4.69, 9.17) is 0 Å². The summed E-state index contributed by atoms with van der Waals surface area (Å²) in [5, 5.41) is 0. The van der Waals surface area contributed by atoms with Crippen LogP contribution < -0.4 is 0 Å². The van der Waals surface area contributed by atoms with Gasteiger partial charge in [0.1, 0.15) is 0 Å². The zero-order valence-corrected chi connectivity index (χ0v) is 21.7. The SMILES string of the molecule is CC(CCC=C1CCC1)C1CCC2C3CCC4CC(C5CCC5)CCC4(C)C3CCC12C. The van der Waals surface area contributed by atoms with Gasteiger partial charge in [-0.1, -0.05) is 51.7 Å². The normalized spacial score (nSPS) is 49.3. The molecule has 0 spiro atoms. The largest absolute Gasteiger partial charge is 0.0853 e. The first kappa shape index (κ1) is 22.2. The van der Waals surface area contributed by atoms with Crippen LogP contribution in [0.15, 0.2) is 11.6 Å². The molecule has 6 aliphatic rings. The van der Waals surface area contributed by atoms with Gasteiger partial charge < -0.3 is 0 Å². The fraction of sp³-hybridized carbons (Fsp3) is 0.938. The third kappa shape index (κ3) is 3.50. The van der Waals surface area contributed by atoms with Gasteiger partial charge in [-0.25, -0.2) is 0 Å². The van der Waals surface area contributed by atoms with Crippen molar-refractivity contribution in [2.75, 3.05) is 0 Å². The second-order valence-electron chi connectivity index (χ2n) is 14.4. The molecule has 0 amide bonds. The first-order valence-electron chi connectivity index (χ1n) is 15.2. The lowest BCUT2D eigenvalue weighted by atomic mass is 9.43. The highest BCUT2D eigenvalue weighted by Gasteiger charge is 2.60. The first-order chi connectivity index (χ1) is 15.5. The summed E-state index contributed by atoms with van der Waals surface area (Å²) < 4.78 is 0. The van der Waals surface area contributed by atoms with Gasteiger partial charge >= 0.3 is 0 Å². The Morgan fingerprint density at radius 1 is 0.812 bits per heavy atom. The maximum absolute atomic E-state index is 2.79. The molecule has 6 rings (SSSR count). The van der Waals surface area contributed by atoms with Gasteiger partial charge in [0, 0.05) is 0 Å². The molecule has 0 aromatic heterocycles. The molecule has 0 heteroatoms. The molecule has 0 nitrogen and oxygen atoms in total. The van der Waals surface area contributed by atoms with Crippen LogP contribution in [0.4, 0.5) is 0 Å². The van der Waals surface area contributed by atoms with Gasteiger partial charge in [-0.3, -0.25) is 0 Å². The highest BCUT2D eigenvalue weighted by molar-refractivity contribution is 5.11. The second kappa shape index (κ2) is 8.45. The molecule has 6 fully saturated rings. The molecule has 0 heterocycles. The molecule has 0 N–H and O–H groups in total. The van der Waals surface area contributed by atoms with Crippen LogP contribution in [0.5, 0.6) is 0 Å². The zero-order chi connectivity index (χ0) is 21.9. The molecule has 180 valence electrons. The van der Waals surface area contributed by atoms with Crippen molar-refractivity contribution in [2.24, 2.45) is 58.2 Å². The van der Waals surface area contributed by atoms with E-state index in [-0.39, 0.29) is 0 Å². The van der Waals surface area contributed by atoms with Crippen LogP contribution in [0.2, 0.25) is 0 Å². The minimum absolute atomic E-state index is 0.663. The predicted molar refractivity (Wildman–Crippen MR) is 136 cm³/mol. The van der Waals surface area contributed by atoms with Crippen LogP contribution >= 0.6 is 0 Å². The zero-order valence-electron chi connectivity index (χ0n) is 21.7. The van der Waals surface area contributed by atoms with E-state index >= 15 is 0 Å². The van der Waals surface area contributed by atoms with Crippen molar-refractivity contribution < 1.29 is 0 Å². The Hall–Kier alpha value is -0.260. The lowest BCUT2D eigenvalue weighted by molar-refractivity contribution is -0.126. The first-order valence-corrected chi connectivity index (χ1v) is 15.2. The summed E-state index contributed by atoms with van der Waals surface area (Å²) in [5.74, 6) is 8.45. The molecule has 6 saturated carbocycles. The molecule has 0 aromatic rings. The van der Waals surface area contributed by atoms with Gasteiger partial charge in [0.05, 0.1) is 0 Å². The van der Waals surface area contributed by atoms with Crippen LogP contribution in [0.3, 0.4) is 0 Å². The Bertz CT molecular complexity index is 708. The third-order valence-corrected chi connectivity index (χ3v) is 13.3. The summed E-state index contributed by atoms with van der Waals surface area (Å²) in [7, 11) is 0. The summed E-state index contributed by atoms with van der Waals surface area (Å²) in [5.41, 5.74) is 3.13. The molecular formula is C32H52. The molecule has 0 radical (unpaired) electrons. The topological polar surface area (TPSA) is 0 Å². The minimum atomic E-state index is 0.663. The summed E-state index contributed by atoms with van der Waals surface area (Å²) in [6.45, 7) is 8.19. The number of allylic oxidation sites excluding steroid dienone is 2. The number of fused-ring (bicyclic) bond motifs is 5. The highest BCUT2D eigenvalue weighted by Crippen LogP contribution is 2.69. The van der Waals surface area contributed by atoms with E-state index in [0.717, 1.165) is 47.3 Å². The predicted octanol–water partition coefficient (Wildman–Crippen LogP) is 9.59. The summed E-state index contributed by atoms with van der Waals surface area (Å²) in [6, 6.07) is 0. The van der Waals surface area contributed by atoms with Crippen LogP contribution in [-0.2, 0) is 0 Å². The highest BCUT2D eigenvalue weighted by atomic mass is 14.7. The molecule has 0 saturated heterocycles. The van der Waals surface area contributed by atoms with Gasteiger partial charge in [-0.15, -0.1) is 0 Å². The van der Waals surface area contributed by atoms with E-state index in [9.17, 15) is 0 Å². The fourth-order valence-corrected chi connectivity index (χ4v) is 10.9. The van der Waals surface area contributed by atoms with Gasteiger partial charge in [0.15, 0.2) is 0 Å². The third-order valence-electron chi connectivity index (χ3n) is 13.3. The summed E-state index contributed by atoms with van der Waals surface area (Å²) in [6.07, 6.45) is 28.6. The molecule has 32 heavy (non-hydrogen) atoms. The second-order valence-corrected chi connectivity index (χ2v) is 14.4. The van der Waals surface area contributed by atoms with Crippen molar-refractivity contribution in [3.8, 4) is 0 Å². The minimum Gasteiger partial charge on any atom is -0.0853 e. The number of rotatable bonds is 5. The monoisotopic (exact) mass is 436 g/mol. The van der Waals surface area contributed by atoms with Crippen molar-refractivity contribution in [1.29, 1.82) is 0 Å². The van der Waals surface area contributed by atoms with Crippen LogP contribution in [0, 0.1) is 58.2 Å². The Kier molecular flexibility index (Phi) is 5.86. The average Bonchev–Trinajstić information content (AvgIpc) is 3.06. The number of hydrogen-bond donors (Lipinski definition) is 0. The Balaban J connectivity index is 1.12. The van der Waals surface area contributed by atoms with Crippen LogP contribution in [-0.4, -0.2) is 0 Å². The smallest absolute Gasteiger partial charge is 0.0264 e. The maximum atomic E-state index is 2.79. The Labute approximate surface area is 199 Å². The summed E-state index contributed by atoms with van der Waals surface area (Å²) >= 11 is 0. The van der Waals surface area contributed by atoms with Gasteiger partial charge in [0.2, 0.25) is 0 Å². The lowest BCUT2D eigenvalue weighted by Crippen LogP contribution is -2.54. The van der Waals surface area contributed by atoms with E-state index < -0.39 is 0 Å². The Morgan fingerprint density at radius 3 is 2.31 bits per heavy atom. The molecule has 9 atom stereocenters. The fourth-order valence-electron chi connectivity index (χ4n) is 10.9. The van der Waals surface area contributed by atoms with Gasteiger partial charge in [-0.2, -0.15) is 0 Å². The van der Waals surface area contributed by atoms with Crippen LogP contribution in [0.1, 0.15) is 130 Å².